The van der Waals surface area contributed by atoms with Gasteiger partial charge in [0, 0.05) is 29.9 Å². The molecule has 94 valence electrons. The molecule has 0 fully saturated rings. The summed E-state index contributed by atoms with van der Waals surface area (Å²) in [6.45, 7) is 0.805. The highest BCUT2D eigenvalue weighted by Gasteiger charge is 2.11. The molecular weight excluding hydrogens is 284 g/mol. The van der Waals surface area contributed by atoms with Crippen molar-refractivity contribution < 1.29 is 0 Å². The molecule has 0 saturated carbocycles. The van der Waals surface area contributed by atoms with Crippen molar-refractivity contribution in [3.8, 4) is 0 Å². The van der Waals surface area contributed by atoms with Gasteiger partial charge in [-0.15, -0.1) is 0 Å². The maximum absolute atomic E-state index is 6.04. The zero-order chi connectivity index (χ0) is 13.1. The monoisotopic (exact) mass is 296 g/mol. The molecule has 0 saturated heterocycles. The molecular formula is C13H13ClN2S2. The molecule has 0 aliphatic heterocycles. The Bertz CT molecular complexity index is 552. The third-order valence-corrected chi connectivity index (χ3v) is 3.82. The molecule has 1 aromatic carbocycles. The van der Waals surface area contributed by atoms with Crippen molar-refractivity contribution in [1.29, 1.82) is 0 Å². The number of rotatable bonds is 4. The van der Waals surface area contributed by atoms with Gasteiger partial charge in [-0.2, -0.15) is 11.3 Å². The van der Waals surface area contributed by atoms with Crippen LogP contribution in [0, 0.1) is 0 Å². The van der Waals surface area contributed by atoms with Crippen molar-refractivity contribution in [3.05, 3.63) is 51.2 Å². The van der Waals surface area contributed by atoms with E-state index in [0.717, 1.165) is 17.8 Å². The smallest absolute Gasteiger partial charge is 0.106 e. The Morgan fingerprint density at radius 2 is 2.22 bits per heavy atom. The van der Waals surface area contributed by atoms with E-state index in [1.807, 2.05) is 19.2 Å². The molecule has 0 bridgehead atoms. The molecule has 5 heteroatoms. The quantitative estimate of drug-likeness (QED) is 0.873. The van der Waals surface area contributed by atoms with Crippen LogP contribution >= 0.6 is 35.2 Å². The summed E-state index contributed by atoms with van der Waals surface area (Å²) in [5, 5.41) is 4.87. The summed E-state index contributed by atoms with van der Waals surface area (Å²) in [4.78, 5) is 2.49. The number of benzene rings is 1. The van der Waals surface area contributed by atoms with Crippen molar-refractivity contribution in [1.82, 2.24) is 0 Å². The van der Waals surface area contributed by atoms with E-state index in [0.29, 0.717) is 10.0 Å². The third-order valence-electron chi connectivity index (χ3n) is 2.64. The number of nitrogens with two attached hydrogens (primary N) is 1. The third kappa shape index (κ3) is 3.02. The second kappa shape index (κ2) is 5.69. The largest absolute Gasteiger partial charge is 0.389 e. The molecule has 0 aliphatic carbocycles. The van der Waals surface area contributed by atoms with Crippen LogP contribution in [0.5, 0.6) is 0 Å². The summed E-state index contributed by atoms with van der Waals surface area (Å²) in [5.41, 5.74) is 8.81. The first-order chi connectivity index (χ1) is 8.58. The van der Waals surface area contributed by atoms with Crippen molar-refractivity contribution in [2.75, 3.05) is 11.9 Å². The second-order valence-corrected chi connectivity index (χ2v) is 5.67. The molecule has 0 unspecified atom stereocenters. The van der Waals surface area contributed by atoms with Crippen molar-refractivity contribution >= 4 is 45.8 Å². The van der Waals surface area contributed by atoms with E-state index in [9.17, 15) is 0 Å². The predicted octanol–water partition coefficient (Wildman–Crippen LogP) is 3.67. The Morgan fingerprint density at radius 3 is 2.83 bits per heavy atom. The fourth-order valence-corrected chi connectivity index (χ4v) is 2.77. The number of anilines is 1. The van der Waals surface area contributed by atoms with Gasteiger partial charge >= 0.3 is 0 Å². The number of nitrogens with zero attached hydrogens (tertiary/aromatic N) is 1. The molecule has 2 rings (SSSR count). The van der Waals surface area contributed by atoms with Crippen LogP contribution in [-0.2, 0) is 6.54 Å². The Morgan fingerprint density at radius 1 is 1.44 bits per heavy atom. The first-order valence-electron chi connectivity index (χ1n) is 5.39. The van der Waals surface area contributed by atoms with Gasteiger partial charge in [0.05, 0.1) is 0 Å². The summed E-state index contributed by atoms with van der Waals surface area (Å²) >= 11 is 12.8. The highest BCUT2D eigenvalue weighted by molar-refractivity contribution is 7.80. The van der Waals surface area contributed by atoms with Crippen molar-refractivity contribution in [2.24, 2.45) is 5.73 Å². The minimum atomic E-state index is 0.388. The lowest BCUT2D eigenvalue weighted by molar-refractivity contribution is 0.926. The van der Waals surface area contributed by atoms with Crippen LogP contribution < -0.4 is 10.6 Å². The Labute approximate surface area is 121 Å². The first kappa shape index (κ1) is 13.3. The lowest BCUT2D eigenvalue weighted by Crippen LogP contribution is -2.21. The van der Waals surface area contributed by atoms with Gasteiger partial charge in [0.25, 0.3) is 0 Å². The van der Waals surface area contributed by atoms with Gasteiger partial charge in [0.1, 0.15) is 4.99 Å². The lowest BCUT2D eigenvalue weighted by atomic mass is 10.1. The highest BCUT2D eigenvalue weighted by atomic mass is 35.5. The van der Waals surface area contributed by atoms with Gasteiger partial charge in [-0.1, -0.05) is 23.8 Å². The van der Waals surface area contributed by atoms with E-state index in [4.69, 9.17) is 29.6 Å². The normalized spacial score (nSPS) is 10.3. The highest BCUT2D eigenvalue weighted by Crippen LogP contribution is 2.25. The van der Waals surface area contributed by atoms with Crippen LogP contribution in [0.1, 0.15) is 11.1 Å². The number of hydrogen-bond acceptors (Lipinski definition) is 3. The maximum atomic E-state index is 6.04. The maximum Gasteiger partial charge on any atom is 0.106 e. The molecule has 2 N–H and O–H groups in total. The van der Waals surface area contributed by atoms with E-state index in [1.54, 1.807) is 17.4 Å². The average molecular weight is 297 g/mol. The summed E-state index contributed by atoms with van der Waals surface area (Å²) in [6.07, 6.45) is 0. The number of thiophene rings is 1. The zero-order valence-electron chi connectivity index (χ0n) is 9.89. The van der Waals surface area contributed by atoms with E-state index >= 15 is 0 Å². The molecule has 1 heterocycles. The standard InChI is InChI=1S/C13H13ClN2S2/c1-16(7-9-4-5-18-8-9)12-6-10(14)2-3-11(12)13(15)17/h2-6,8H,7H2,1H3,(H2,15,17). The fourth-order valence-electron chi connectivity index (χ4n) is 1.77. The number of thiocarbonyl (C=S) groups is 1. The van der Waals surface area contributed by atoms with Gasteiger partial charge in [-0.25, -0.2) is 0 Å². The van der Waals surface area contributed by atoms with Crippen LogP contribution in [0.3, 0.4) is 0 Å². The van der Waals surface area contributed by atoms with Crippen molar-refractivity contribution in [3.63, 3.8) is 0 Å². The van der Waals surface area contributed by atoms with Gasteiger partial charge in [0.2, 0.25) is 0 Å². The van der Waals surface area contributed by atoms with E-state index < -0.39 is 0 Å². The topological polar surface area (TPSA) is 29.3 Å². The SMILES string of the molecule is CN(Cc1ccsc1)c1cc(Cl)ccc1C(N)=S. The van der Waals surface area contributed by atoms with Gasteiger partial charge in [-0.3, -0.25) is 0 Å². The summed E-state index contributed by atoms with van der Waals surface area (Å²) in [7, 11) is 2.01. The minimum Gasteiger partial charge on any atom is -0.389 e. The molecule has 0 aliphatic rings. The molecule has 0 atom stereocenters. The van der Waals surface area contributed by atoms with Crippen LogP contribution in [0.25, 0.3) is 0 Å². The molecule has 18 heavy (non-hydrogen) atoms. The predicted molar refractivity (Wildman–Crippen MR) is 83.8 cm³/mol. The molecule has 2 aromatic rings. The summed E-state index contributed by atoms with van der Waals surface area (Å²) < 4.78 is 0. The second-order valence-electron chi connectivity index (χ2n) is 4.01. The average Bonchev–Trinajstić information content (AvgIpc) is 2.81. The Kier molecular flexibility index (Phi) is 4.22. The van der Waals surface area contributed by atoms with Crippen LogP contribution in [0.4, 0.5) is 5.69 Å². The minimum absolute atomic E-state index is 0.388. The van der Waals surface area contributed by atoms with Crippen LogP contribution in [0.15, 0.2) is 35.0 Å². The Hall–Kier alpha value is -1.10. The molecule has 0 amide bonds. The molecule has 2 nitrogen and oxygen atoms in total. The van der Waals surface area contributed by atoms with Crippen LogP contribution in [-0.4, -0.2) is 12.0 Å². The molecule has 1 aromatic heterocycles. The van der Waals surface area contributed by atoms with E-state index in [-0.39, 0.29) is 0 Å². The van der Waals surface area contributed by atoms with E-state index in [1.165, 1.54) is 5.56 Å². The Balaban J connectivity index is 2.31. The van der Waals surface area contributed by atoms with Gasteiger partial charge in [0.15, 0.2) is 0 Å². The van der Waals surface area contributed by atoms with Gasteiger partial charge in [-0.05, 0) is 40.6 Å². The molecule has 0 spiro atoms. The van der Waals surface area contributed by atoms with Gasteiger partial charge < -0.3 is 10.6 Å². The number of halogens is 1. The first-order valence-corrected chi connectivity index (χ1v) is 7.12. The van der Waals surface area contributed by atoms with Crippen molar-refractivity contribution in [2.45, 2.75) is 6.54 Å². The van der Waals surface area contributed by atoms with E-state index in [2.05, 4.69) is 21.7 Å². The zero-order valence-corrected chi connectivity index (χ0v) is 12.3. The molecule has 0 radical (unpaired) electrons. The summed E-state index contributed by atoms with van der Waals surface area (Å²) in [6, 6.07) is 7.66. The summed E-state index contributed by atoms with van der Waals surface area (Å²) in [5.74, 6) is 0. The van der Waals surface area contributed by atoms with Crippen LogP contribution in [0.2, 0.25) is 5.02 Å². The fraction of sp³-hybridized carbons (Fsp3) is 0.154. The number of hydrogen-bond donors (Lipinski definition) is 1. The lowest BCUT2D eigenvalue weighted by Gasteiger charge is -2.22.